The van der Waals surface area contributed by atoms with Gasteiger partial charge in [-0.3, -0.25) is 9.78 Å². The van der Waals surface area contributed by atoms with E-state index in [0.717, 1.165) is 11.1 Å². The first kappa shape index (κ1) is 13.0. The van der Waals surface area contributed by atoms with Crippen LogP contribution < -0.4 is 0 Å². The van der Waals surface area contributed by atoms with E-state index >= 15 is 0 Å². The molecule has 0 radical (unpaired) electrons. The van der Waals surface area contributed by atoms with Crippen LogP contribution in [0.25, 0.3) is 10.9 Å². The first-order valence-corrected chi connectivity index (χ1v) is 6.32. The molecule has 3 rings (SSSR count). The van der Waals surface area contributed by atoms with Crippen LogP contribution in [-0.2, 0) is 0 Å². The van der Waals surface area contributed by atoms with Crippen molar-refractivity contribution < 1.29 is 9.90 Å². The second-order valence-electron chi connectivity index (χ2n) is 4.61. The van der Waals surface area contributed by atoms with Crippen molar-refractivity contribution in [2.75, 3.05) is 0 Å². The number of aromatic amines is 1. The number of hydrogen-bond acceptors (Lipinski definition) is 4. The fourth-order valence-corrected chi connectivity index (χ4v) is 2.03. The van der Waals surface area contributed by atoms with E-state index in [9.17, 15) is 9.90 Å². The van der Waals surface area contributed by atoms with Crippen LogP contribution in [0, 0.1) is 6.92 Å². The molecule has 0 aliphatic carbocycles. The second-order valence-corrected chi connectivity index (χ2v) is 4.61. The van der Waals surface area contributed by atoms with Gasteiger partial charge in [-0.2, -0.15) is 0 Å². The first-order valence-electron chi connectivity index (χ1n) is 6.32. The number of aryl methyl sites for hydroxylation is 1. The molecule has 3 aromatic rings. The number of hydrogen-bond donors (Lipinski definition) is 2. The van der Waals surface area contributed by atoms with Crippen LogP contribution in [-0.4, -0.2) is 21.0 Å². The molecule has 0 saturated heterocycles. The molecule has 1 aromatic carbocycles. The summed E-state index contributed by atoms with van der Waals surface area (Å²) in [5.74, 6) is -0.597. The molecular weight excluding hydrogens is 268 g/mol. The standard InChI is InChI=1S/C15H12N4O2/c1-9-2-3-11-12(8-9)17-15(21)13(11)18-19-14(20)10-4-6-16-7-5-10/h2-8,17,21H,1H3. The van der Waals surface area contributed by atoms with Gasteiger partial charge in [0.25, 0.3) is 5.91 Å². The van der Waals surface area contributed by atoms with Crippen molar-refractivity contribution in [3.8, 4) is 5.88 Å². The fourth-order valence-electron chi connectivity index (χ4n) is 2.03. The van der Waals surface area contributed by atoms with Crippen molar-refractivity contribution in [1.82, 2.24) is 9.97 Å². The fraction of sp³-hybridized carbons (Fsp3) is 0.0667. The second kappa shape index (κ2) is 5.16. The van der Waals surface area contributed by atoms with Crippen LogP contribution >= 0.6 is 0 Å². The molecule has 0 aliphatic heterocycles. The number of fused-ring (bicyclic) bond motifs is 1. The Morgan fingerprint density at radius 1 is 1.24 bits per heavy atom. The highest BCUT2D eigenvalue weighted by Crippen LogP contribution is 2.35. The average molecular weight is 280 g/mol. The lowest BCUT2D eigenvalue weighted by Gasteiger charge is -1.94. The lowest BCUT2D eigenvalue weighted by molar-refractivity contribution is 0.0995. The van der Waals surface area contributed by atoms with Crippen LogP contribution in [0.5, 0.6) is 5.88 Å². The number of nitrogens with zero attached hydrogens (tertiary/aromatic N) is 3. The summed E-state index contributed by atoms with van der Waals surface area (Å²) in [6.45, 7) is 1.95. The van der Waals surface area contributed by atoms with E-state index in [1.54, 1.807) is 12.1 Å². The lowest BCUT2D eigenvalue weighted by Crippen LogP contribution is -1.92. The lowest BCUT2D eigenvalue weighted by atomic mass is 10.2. The van der Waals surface area contributed by atoms with Gasteiger partial charge in [-0.25, -0.2) is 0 Å². The summed E-state index contributed by atoms with van der Waals surface area (Å²) in [4.78, 5) is 18.5. The number of rotatable bonds is 2. The number of aromatic nitrogens is 2. The number of carbonyl (C=O) groups is 1. The Hall–Kier alpha value is -3.02. The van der Waals surface area contributed by atoms with Gasteiger partial charge in [0.05, 0.1) is 5.52 Å². The molecule has 2 heterocycles. The van der Waals surface area contributed by atoms with Crippen LogP contribution in [0.3, 0.4) is 0 Å². The van der Waals surface area contributed by atoms with Gasteiger partial charge >= 0.3 is 0 Å². The van der Waals surface area contributed by atoms with E-state index < -0.39 is 5.91 Å². The molecule has 104 valence electrons. The van der Waals surface area contributed by atoms with E-state index in [2.05, 4.69) is 20.2 Å². The minimum atomic E-state index is -0.488. The minimum absolute atomic E-state index is 0.109. The largest absolute Gasteiger partial charge is 0.493 e. The Balaban J connectivity index is 1.96. The van der Waals surface area contributed by atoms with Gasteiger partial charge in [0.2, 0.25) is 5.88 Å². The maximum atomic E-state index is 11.9. The molecule has 0 atom stereocenters. The first-order chi connectivity index (χ1) is 10.1. The van der Waals surface area contributed by atoms with Crippen molar-refractivity contribution in [2.45, 2.75) is 6.92 Å². The zero-order chi connectivity index (χ0) is 14.8. The Kier molecular flexibility index (Phi) is 3.19. The molecular formula is C15H12N4O2. The normalized spacial score (nSPS) is 11.3. The van der Waals surface area contributed by atoms with Crippen molar-refractivity contribution >= 4 is 22.5 Å². The Labute approximate surface area is 120 Å². The summed E-state index contributed by atoms with van der Waals surface area (Å²) in [7, 11) is 0. The number of pyridine rings is 1. The zero-order valence-corrected chi connectivity index (χ0v) is 11.2. The van der Waals surface area contributed by atoms with Crippen LogP contribution in [0.15, 0.2) is 53.0 Å². The molecule has 0 spiro atoms. The topological polar surface area (TPSA) is 90.7 Å². The Morgan fingerprint density at radius 3 is 2.76 bits per heavy atom. The summed E-state index contributed by atoms with van der Waals surface area (Å²) < 4.78 is 0. The van der Waals surface area contributed by atoms with E-state index in [0.29, 0.717) is 10.9 Å². The van der Waals surface area contributed by atoms with E-state index in [-0.39, 0.29) is 11.6 Å². The molecule has 0 saturated carbocycles. The number of H-pyrrole nitrogens is 1. The highest BCUT2D eigenvalue weighted by molar-refractivity contribution is 5.97. The van der Waals surface area contributed by atoms with Crippen molar-refractivity contribution in [2.24, 2.45) is 10.2 Å². The minimum Gasteiger partial charge on any atom is -0.493 e. The number of azo groups is 1. The van der Waals surface area contributed by atoms with Gasteiger partial charge in [0, 0.05) is 23.3 Å². The van der Waals surface area contributed by atoms with Crippen molar-refractivity contribution in [1.29, 1.82) is 0 Å². The van der Waals surface area contributed by atoms with Gasteiger partial charge < -0.3 is 10.1 Å². The molecule has 0 aliphatic rings. The zero-order valence-electron chi connectivity index (χ0n) is 11.2. The van der Waals surface area contributed by atoms with Gasteiger partial charge in [-0.15, -0.1) is 10.2 Å². The Bertz CT molecular complexity index is 838. The number of nitrogens with one attached hydrogen (secondary N) is 1. The monoisotopic (exact) mass is 280 g/mol. The Morgan fingerprint density at radius 2 is 2.00 bits per heavy atom. The summed E-state index contributed by atoms with van der Waals surface area (Å²) in [6.07, 6.45) is 3.02. The van der Waals surface area contributed by atoms with Crippen molar-refractivity contribution in [3.05, 3.63) is 53.9 Å². The molecule has 6 nitrogen and oxygen atoms in total. The summed E-state index contributed by atoms with van der Waals surface area (Å²) >= 11 is 0. The highest BCUT2D eigenvalue weighted by Gasteiger charge is 2.11. The number of benzene rings is 1. The van der Waals surface area contributed by atoms with Crippen LogP contribution in [0.4, 0.5) is 5.69 Å². The van der Waals surface area contributed by atoms with Gasteiger partial charge in [0.1, 0.15) is 0 Å². The maximum Gasteiger partial charge on any atom is 0.295 e. The van der Waals surface area contributed by atoms with E-state index in [1.165, 1.54) is 12.4 Å². The summed E-state index contributed by atoms with van der Waals surface area (Å²) in [5.41, 5.74) is 2.45. The average Bonchev–Trinajstić information content (AvgIpc) is 2.80. The van der Waals surface area contributed by atoms with E-state index in [1.807, 2.05) is 25.1 Å². The van der Waals surface area contributed by atoms with Crippen LogP contribution in [0.2, 0.25) is 0 Å². The maximum absolute atomic E-state index is 11.9. The molecule has 6 heteroatoms. The van der Waals surface area contributed by atoms with E-state index in [4.69, 9.17) is 0 Å². The van der Waals surface area contributed by atoms with Crippen molar-refractivity contribution in [3.63, 3.8) is 0 Å². The summed E-state index contributed by atoms with van der Waals surface area (Å²) in [5, 5.41) is 18.1. The smallest absolute Gasteiger partial charge is 0.295 e. The van der Waals surface area contributed by atoms with Crippen LogP contribution in [0.1, 0.15) is 15.9 Å². The SMILES string of the molecule is Cc1ccc2c(N=NC(=O)c3ccncc3)c(O)[nH]c2c1. The quantitative estimate of drug-likeness (QED) is 0.704. The third kappa shape index (κ3) is 2.51. The molecule has 21 heavy (non-hydrogen) atoms. The number of carbonyl (C=O) groups excluding carboxylic acids is 1. The molecule has 0 fully saturated rings. The number of aromatic hydroxyl groups is 1. The van der Waals surface area contributed by atoms with Gasteiger partial charge in [-0.05, 0) is 30.7 Å². The molecule has 0 unspecified atom stereocenters. The molecule has 2 aromatic heterocycles. The predicted octanol–water partition coefficient (Wildman–Crippen LogP) is 3.50. The van der Waals surface area contributed by atoms with Gasteiger partial charge in [0.15, 0.2) is 5.69 Å². The molecule has 0 bridgehead atoms. The predicted molar refractivity (Wildman–Crippen MR) is 77.8 cm³/mol. The third-order valence-electron chi connectivity index (χ3n) is 3.08. The van der Waals surface area contributed by atoms with Gasteiger partial charge in [-0.1, -0.05) is 12.1 Å². The molecule has 2 N–H and O–H groups in total. The third-order valence-corrected chi connectivity index (χ3v) is 3.08. The molecule has 1 amide bonds. The number of amides is 1. The highest BCUT2D eigenvalue weighted by atomic mass is 16.3. The summed E-state index contributed by atoms with van der Waals surface area (Å²) in [6, 6.07) is 8.73.